The van der Waals surface area contributed by atoms with E-state index in [0.29, 0.717) is 12.6 Å². The third-order valence-corrected chi connectivity index (χ3v) is 4.49. The van der Waals surface area contributed by atoms with Crippen molar-refractivity contribution in [3.8, 4) is 0 Å². The first kappa shape index (κ1) is 18.4. The second kappa shape index (κ2) is 8.27. The van der Waals surface area contributed by atoms with Gasteiger partial charge in [-0.05, 0) is 36.1 Å². The number of halogens is 1. The summed E-state index contributed by atoms with van der Waals surface area (Å²) in [6, 6.07) is 13.9. The Labute approximate surface area is 149 Å². The Kier molecular flexibility index (Phi) is 6.35. The quantitative estimate of drug-likeness (QED) is 0.873. The molecule has 0 spiro atoms. The van der Waals surface area contributed by atoms with Crippen LogP contribution in [0.3, 0.4) is 0 Å². The van der Waals surface area contributed by atoms with Gasteiger partial charge in [-0.25, -0.2) is 0 Å². The number of pyridine rings is 1. The Morgan fingerprint density at radius 2 is 1.83 bits per heavy atom. The van der Waals surface area contributed by atoms with Gasteiger partial charge in [0.25, 0.3) is 0 Å². The van der Waals surface area contributed by atoms with Gasteiger partial charge in [0.15, 0.2) is 0 Å². The van der Waals surface area contributed by atoms with Crippen LogP contribution in [0.2, 0.25) is 0 Å². The maximum Gasteiger partial charge on any atom is 0.227 e. The van der Waals surface area contributed by atoms with E-state index in [0.717, 1.165) is 24.0 Å². The molecule has 1 amide bonds. The normalized spacial score (nSPS) is 15.9. The smallest absolute Gasteiger partial charge is 0.227 e. The molecule has 2 unspecified atom stereocenters. The molecule has 1 aliphatic carbocycles. The molecule has 4 nitrogen and oxygen atoms in total. The van der Waals surface area contributed by atoms with E-state index >= 15 is 0 Å². The van der Waals surface area contributed by atoms with E-state index in [-0.39, 0.29) is 30.3 Å². The van der Waals surface area contributed by atoms with Crippen LogP contribution in [0.5, 0.6) is 0 Å². The van der Waals surface area contributed by atoms with Gasteiger partial charge in [-0.3, -0.25) is 9.78 Å². The monoisotopic (exact) mass is 345 g/mol. The molecule has 1 heterocycles. The number of aromatic nitrogens is 1. The number of hydrogen-bond donors (Lipinski definition) is 1. The van der Waals surface area contributed by atoms with Crippen molar-refractivity contribution in [3.05, 3.63) is 66.0 Å². The molecule has 24 heavy (non-hydrogen) atoms. The second-order valence-corrected chi connectivity index (χ2v) is 6.28. The maximum atomic E-state index is 13.0. The Balaban J connectivity index is 0.00000208. The third kappa shape index (κ3) is 4.34. The predicted molar refractivity (Wildman–Crippen MR) is 97.6 cm³/mol. The van der Waals surface area contributed by atoms with E-state index in [1.165, 1.54) is 0 Å². The molecule has 3 rings (SSSR count). The van der Waals surface area contributed by atoms with Gasteiger partial charge in [0.05, 0.1) is 5.92 Å². The highest BCUT2D eigenvalue weighted by Crippen LogP contribution is 2.31. The summed E-state index contributed by atoms with van der Waals surface area (Å²) in [5.41, 5.74) is 8.45. The fourth-order valence-corrected chi connectivity index (χ4v) is 2.84. The van der Waals surface area contributed by atoms with Crippen molar-refractivity contribution in [2.24, 2.45) is 11.7 Å². The highest BCUT2D eigenvalue weighted by atomic mass is 35.5. The van der Waals surface area contributed by atoms with Gasteiger partial charge in [-0.2, -0.15) is 0 Å². The summed E-state index contributed by atoms with van der Waals surface area (Å²) >= 11 is 0. The topological polar surface area (TPSA) is 59.2 Å². The largest absolute Gasteiger partial charge is 0.335 e. The van der Waals surface area contributed by atoms with Crippen LogP contribution in [-0.4, -0.2) is 21.8 Å². The van der Waals surface area contributed by atoms with Crippen molar-refractivity contribution in [2.45, 2.75) is 38.4 Å². The minimum Gasteiger partial charge on any atom is -0.335 e. The number of hydrogen-bond acceptors (Lipinski definition) is 3. The lowest BCUT2D eigenvalue weighted by Crippen LogP contribution is -2.40. The first-order valence-corrected chi connectivity index (χ1v) is 8.16. The fraction of sp³-hybridized carbons (Fsp3) is 0.368. The zero-order valence-electron chi connectivity index (χ0n) is 13.8. The van der Waals surface area contributed by atoms with Crippen LogP contribution in [0.4, 0.5) is 0 Å². The molecule has 0 radical (unpaired) electrons. The van der Waals surface area contributed by atoms with Crippen LogP contribution in [0.25, 0.3) is 0 Å². The van der Waals surface area contributed by atoms with Crippen LogP contribution in [0.1, 0.15) is 36.9 Å². The third-order valence-electron chi connectivity index (χ3n) is 4.49. The number of carbonyl (C=O) groups is 1. The van der Waals surface area contributed by atoms with Crippen molar-refractivity contribution in [1.29, 1.82) is 0 Å². The SMILES string of the molecule is CC(C(=O)N(Cc1ccncc1)C1CC1)C(N)c1ccccc1.Cl. The van der Waals surface area contributed by atoms with Crippen LogP contribution < -0.4 is 5.73 Å². The molecule has 1 aromatic heterocycles. The molecule has 0 saturated heterocycles. The van der Waals surface area contributed by atoms with Crippen molar-refractivity contribution >= 4 is 18.3 Å². The number of rotatable bonds is 6. The Morgan fingerprint density at radius 1 is 1.21 bits per heavy atom. The summed E-state index contributed by atoms with van der Waals surface area (Å²) < 4.78 is 0. The van der Waals surface area contributed by atoms with Crippen molar-refractivity contribution < 1.29 is 4.79 Å². The molecule has 2 atom stereocenters. The molecule has 1 aromatic carbocycles. The lowest BCUT2D eigenvalue weighted by Gasteiger charge is -2.29. The van der Waals surface area contributed by atoms with Gasteiger partial charge in [0, 0.05) is 31.0 Å². The lowest BCUT2D eigenvalue weighted by molar-refractivity contribution is -0.137. The number of nitrogens with zero attached hydrogens (tertiary/aromatic N) is 2. The summed E-state index contributed by atoms with van der Waals surface area (Å²) in [6.07, 6.45) is 5.71. The molecule has 128 valence electrons. The van der Waals surface area contributed by atoms with Crippen molar-refractivity contribution in [1.82, 2.24) is 9.88 Å². The molecule has 1 aliphatic rings. The average Bonchev–Trinajstić information content (AvgIpc) is 3.44. The van der Waals surface area contributed by atoms with Gasteiger partial charge in [-0.1, -0.05) is 37.3 Å². The van der Waals surface area contributed by atoms with Gasteiger partial charge >= 0.3 is 0 Å². The summed E-state index contributed by atoms with van der Waals surface area (Å²) in [6.45, 7) is 2.57. The van der Waals surface area contributed by atoms with Gasteiger partial charge < -0.3 is 10.6 Å². The van der Waals surface area contributed by atoms with E-state index in [1.807, 2.05) is 54.3 Å². The van der Waals surface area contributed by atoms with Crippen molar-refractivity contribution in [3.63, 3.8) is 0 Å². The van der Waals surface area contributed by atoms with Gasteiger partial charge in [-0.15, -0.1) is 12.4 Å². The predicted octanol–water partition coefficient (Wildman–Crippen LogP) is 3.33. The molecule has 0 bridgehead atoms. The van der Waals surface area contributed by atoms with Gasteiger partial charge in [0.2, 0.25) is 5.91 Å². The molecule has 2 N–H and O–H groups in total. The van der Waals surface area contributed by atoms with E-state index in [2.05, 4.69) is 4.98 Å². The summed E-state index contributed by atoms with van der Waals surface area (Å²) in [5, 5.41) is 0. The second-order valence-electron chi connectivity index (χ2n) is 6.28. The van der Waals surface area contributed by atoms with E-state index in [1.54, 1.807) is 12.4 Å². The Morgan fingerprint density at radius 3 is 2.42 bits per heavy atom. The first-order valence-electron chi connectivity index (χ1n) is 8.16. The minimum absolute atomic E-state index is 0. The zero-order valence-corrected chi connectivity index (χ0v) is 14.7. The van der Waals surface area contributed by atoms with Crippen LogP contribution in [0.15, 0.2) is 54.9 Å². The first-order chi connectivity index (χ1) is 11.2. The van der Waals surface area contributed by atoms with E-state index < -0.39 is 0 Å². The summed E-state index contributed by atoms with van der Waals surface area (Å²) in [5.74, 6) is -0.0968. The molecule has 1 saturated carbocycles. The van der Waals surface area contributed by atoms with Gasteiger partial charge in [0.1, 0.15) is 0 Å². The van der Waals surface area contributed by atoms with Crippen LogP contribution >= 0.6 is 12.4 Å². The molecule has 2 aromatic rings. The van der Waals surface area contributed by atoms with Crippen molar-refractivity contribution in [2.75, 3.05) is 0 Å². The molecular weight excluding hydrogens is 322 g/mol. The summed E-state index contributed by atoms with van der Waals surface area (Å²) in [4.78, 5) is 19.0. The molecule has 0 aliphatic heterocycles. The lowest BCUT2D eigenvalue weighted by atomic mass is 9.94. The summed E-state index contributed by atoms with van der Waals surface area (Å²) in [7, 11) is 0. The van der Waals surface area contributed by atoms with Crippen LogP contribution in [-0.2, 0) is 11.3 Å². The highest BCUT2D eigenvalue weighted by Gasteiger charge is 2.36. The fourth-order valence-electron chi connectivity index (χ4n) is 2.84. The number of benzene rings is 1. The molecule has 1 fully saturated rings. The molecule has 5 heteroatoms. The standard InChI is InChI=1S/C19H23N3O.ClH/c1-14(18(20)16-5-3-2-4-6-16)19(23)22(17-7-8-17)13-15-9-11-21-12-10-15;/h2-6,9-12,14,17-18H,7-8,13,20H2,1H3;1H. The zero-order chi connectivity index (χ0) is 16.2. The van der Waals surface area contributed by atoms with E-state index in [9.17, 15) is 4.79 Å². The highest BCUT2D eigenvalue weighted by molar-refractivity contribution is 5.85. The van der Waals surface area contributed by atoms with E-state index in [4.69, 9.17) is 5.73 Å². The Hall–Kier alpha value is -1.91. The molecular formula is C19H24ClN3O. The average molecular weight is 346 g/mol. The maximum absolute atomic E-state index is 13.0. The number of nitrogens with two attached hydrogens (primary N) is 1. The minimum atomic E-state index is -0.276. The number of amides is 1. The Bertz CT molecular complexity index is 646. The van der Waals surface area contributed by atoms with Crippen LogP contribution in [0, 0.1) is 5.92 Å². The number of carbonyl (C=O) groups excluding carboxylic acids is 1.